The molecule has 0 amide bonds. The van der Waals surface area contributed by atoms with Crippen LogP contribution >= 0.6 is 0 Å². The lowest BCUT2D eigenvalue weighted by atomic mass is 9.80. The third-order valence-corrected chi connectivity index (χ3v) is 4.60. The van der Waals surface area contributed by atoms with Crippen LogP contribution in [0.15, 0.2) is 54.6 Å². The first-order valence-electron chi connectivity index (χ1n) is 7.01. The van der Waals surface area contributed by atoms with E-state index in [9.17, 15) is 0 Å². The predicted molar refractivity (Wildman–Crippen MR) is 86.9 cm³/mol. The highest BCUT2D eigenvalue weighted by Crippen LogP contribution is 2.48. The van der Waals surface area contributed by atoms with Crippen molar-refractivity contribution in [3.63, 3.8) is 0 Å². The Labute approximate surface area is 120 Å². The monoisotopic (exact) mass is 254 g/mol. The molecular formula is C19H15B. The van der Waals surface area contributed by atoms with Crippen molar-refractivity contribution in [2.75, 3.05) is 0 Å². The fourth-order valence-corrected chi connectivity index (χ4v) is 3.50. The smallest absolute Gasteiger partial charge is 0.0887 e. The Balaban J connectivity index is 2.17. The van der Waals surface area contributed by atoms with E-state index in [1.165, 1.54) is 33.0 Å². The summed E-state index contributed by atoms with van der Waals surface area (Å²) >= 11 is 0. The minimum absolute atomic E-state index is 0.0179. The first kappa shape index (κ1) is 11.8. The molecule has 0 saturated carbocycles. The molecule has 3 aromatic rings. The van der Waals surface area contributed by atoms with Gasteiger partial charge in [-0.25, -0.2) is 0 Å². The third kappa shape index (κ3) is 1.38. The van der Waals surface area contributed by atoms with Crippen LogP contribution in [-0.2, 0) is 5.41 Å². The molecule has 0 spiro atoms. The van der Waals surface area contributed by atoms with Gasteiger partial charge in [0.1, 0.15) is 7.85 Å². The first-order chi connectivity index (χ1) is 9.59. The summed E-state index contributed by atoms with van der Waals surface area (Å²) in [7, 11) is 6.25. The van der Waals surface area contributed by atoms with Crippen LogP contribution in [0.1, 0.15) is 25.0 Å². The zero-order valence-electron chi connectivity index (χ0n) is 11.8. The summed E-state index contributed by atoms with van der Waals surface area (Å²) in [6, 6.07) is 19.4. The summed E-state index contributed by atoms with van der Waals surface area (Å²) in [5, 5.41) is 2.57. The van der Waals surface area contributed by atoms with E-state index in [2.05, 4.69) is 62.4 Å². The fraction of sp³-hybridized carbons (Fsp3) is 0.158. The Morgan fingerprint density at radius 2 is 1.50 bits per heavy atom. The molecule has 94 valence electrons. The lowest BCUT2D eigenvalue weighted by molar-refractivity contribution is 0.661. The van der Waals surface area contributed by atoms with Gasteiger partial charge in [-0.05, 0) is 45.2 Å². The molecule has 0 aromatic heterocycles. The van der Waals surface area contributed by atoms with E-state index >= 15 is 0 Å². The molecule has 20 heavy (non-hydrogen) atoms. The largest absolute Gasteiger partial charge is 0.114 e. The van der Waals surface area contributed by atoms with Gasteiger partial charge in [-0.2, -0.15) is 0 Å². The van der Waals surface area contributed by atoms with E-state index < -0.39 is 0 Å². The molecule has 0 aliphatic heterocycles. The van der Waals surface area contributed by atoms with Gasteiger partial charge in [-0.1, -0.05) is 61.8 Å². The molecule has 0 bridgehead atoms. The second-order valence-electron chi connectivity index (χ2n) is 6.14. The van der Waals surface area contributed by atoms with Crippen LogP contribution in [0, 0.1) is 0 Å². The number of hydrogen-bond acceptors (Lipinski definition) is 0. The van der Waals surface area contributed by atoms with Crippen LogP contribution in [0.3, 0.4) is 0 Å². The Kier molecular flexibility index (Phi) is 2.21. The van der Waals surface area contributed by atoms with Gasteiger partial charge in [0.2, 0.25) is 0 Å². The van der Waals surface area contributed by atoms with E-state index in [4.69, 9.17) is 7.85 Å². The van der Waals surface area contributed by atoms with Gasteiger partial charge in [0, 0.05) is 5.41 Å². The minimum Gasteiger partial charge on any atom is -0.0887 e. The van der Waals surface area contributed by atoms with Crippen molar-refractivity contribution in [3.05, 3.63) is 65.7 Å². The van der Waals surface area contributed by atoms with Crippen molar-refractivity contribution in [1.29, 1.82) is 0 Å². The maximum absolute atomic E-state index is 6.25. The molecule has 0 saturated heterocycles. The van der Waals surface area contributed by atoms with E-state index in [0.29, 0.717) is 0 Å². The van der Waals surface area contributed by atoms with Gasteiger partial charge in [-0.15, -0.1) is 0 Å². The molecule has 1 aliphatic carbocycles. The number of benzene rings is 3. The normalized spacial score (nSPS) is 15.1. The standard InChI is InChI=1S/C19H15B/c1-19(2)15-8-5-9-17(20)18(15)14-10-12-6-3-4-7-13(12)11-16(14)19/h3-11H,1-2H3. The first-order valence-corrected chi connectivity index (χ1v) is 7.01. The Bertz CT molecular complexity index is 844. The van der Waals surface area contributed by atoms with Crippen molar-refractivity contribution in [3.8, 4) is 11.1 Å². The van der Waals surface area contributed by atoms with Crippen molar-refractivity contribution in [2.45, 2.75) is 19.3 Å². The molecule has 1 heteroatoms. The predicted octanol–water partition coefficient (Wildman–Crippen LogP) is 3.94. The fourth-order valence-electron chi connectivity index (χ4n) is 3.50. The average Bonchev–Trinajstić information content (AvgIpc) is 2.67. The highest BCUT2D eigenvalue weighted by molar-refractivity contribution is 6.36. The maximum Gasteiger partial charge on any atom is 0.114 e. The summed E-state index contributed by atoms with van der Waals surface area (Å²) in [6.07, 6.45) is 0. The summed E-state index contributed by atoms with van der Waals surface area (Å²) in [4.78, 5) is 0. The molecule has 3 aromatic carbocycles. The molecule has 2 radical (unpaired) electrons. The van der Waals surface area contributed by atoms with E-state index in [-0.39, 0.29) is 5.41 Å². The molecule has 0 fully saturated rings. The molecule has 1 aliphatic rings. The molecular weight excluding hydrogens is 239 g/mol. The van der Waals surface area contributed by atoms with Crippen LogP contribution in [0.5, 0.6) is 0 Å². The summed E-state index contributed by atoms with van der Waals surface area (Å²) in [5.74, 6) is 0. The molecule has 0 unspecified atom stereocenters. The Morgan fingerprint density at radius 3 is 2.25 bits per heavy atom. The lowest BCUT2D eigenvalue weighted by Crippen LogP contribution is -2.16. The van der Waals surface area contributed by atoms with Gasteiger partial charge < -0.3 is 0 Å². The zero-order chi connectivity index (χ0) is 13.9. The average molecular weight is 254 g/mol. The van der Waals surface area contributed by atoms with Crippen LogP contribution in [0.2, 0.25) is 0 Å². The molecule has 0 heterocycles. The SMILES string of the molecule is [B]c1cccc2c1-c1cc3ccccc3cc1C2(C)C. The van der Waals surface area contributed by atoms with Crippen molar-refractivity contribution in [2.24, 2.45) is 0 Å². The molecule has 0 atom stereocenters. The van der Waals surface area contributed by atoms with Crippen molar-refractivity contribution in [1.82, 2.24) is 0 Å². The van der Waals surface area contributed by atoms with Gasteiger partial charge in [0.05, 0.1) is 0 Å². The minimum atomic E-state index is 0.0179. The molecule has 0 N–H and O–H groups in total. The van der Waals surface area contributed by atoms with Crippen LogP contribution in [-0.4, -0.2) is 7.85 Å². The molecule has 0 nitrogen and oxygen atoms in total. The highest BCUT2D eigenvalue weighted by atomic mass is 14.4. The summed E-state index contributed by atoms with van der Waals surface area (Å²) in [5.41, 5.74) is 6.13. The summed E-state index contributed by atoms with van der Waals surface area (Å²) in [6.45, 7) is 4.57. The Hall–Kier alpha value is -2.02. The van der Waals surface area contributed by atoms with Gasteiger partial charge in [-0.3, -0.25) is 0 Å². The quantitative estimate of drug-likeness (QED) is 0.533. The second kappa shape index (κ2) is 3.76. The third-order valence-electron chi connectivity index (χ3n) is 4.60. The number of rotatable bonds is 0. The van der Waals surface area contributed by atoms with Crippen LogP contribution < -0.4 is 5.46 Å². The topological polar surface area (TPSA) is 0 Å². The second-order valence-corrected chi connectivity index (χ2v) is 6.14. The van der Waals surface area contributed by atoms with Gasteiger partial charge in [0.25, 0.3) is 0 Å². The van der Waals surface area contributed by atoms with E-state index in [0.717, 1.165) is 5.46 Å². The lowest BCUT2D eigenvalue weighted by Gasteiger charge is -2.21. The zero-order valence-corrected chi connectivity index (χ0v) is 11.8. The Morgan fingerprint density at radius 1 is 0.800 bits per heavy atom. The number of fused-ring (bicyclic) bond motifs is 4. The molecule has 4 rings (SSSR count). The van der Waals surface area contributed by atoms with E-state index in [1.54, 1.807) is 0 Å². The number of hydrogen-bond donors (Lipinski definition) is 0. The van der Waals surface area contributed by atoms with Gasteiger partial charge >= 0.3 is 0 Å². The van der Waals surface area contributed by atoms with Gasteiger partial charge in [0.15, 0.2) is 0 Å². The van der Waals surface area contributed by atoms with Crippen molar-refractivity contribution < 1.29 is 0 Å². The summed E-state index contributed by atoms with van der Waals surface area (Å²) < 4.78 is 0. The maximum atomic E-state index is 6.25. The van der Waals surface area contributed by atoms with Crippen LogP contribution in [0.4, 0.5) is 0 Å². The van der Waals surface area contributed by atoms with Crippen molar-refractivity contribution >= 4 is 24.1 Å². The van der Waals surface area contributed by atoms with E-state index in [1.807, 2.05) is 6.07 Å². The van der Waals surface area contributed by atoms with Crippen LogP contribution in [0.25, 0.3) is 21.9 Å². The highest BCUT2D eigenvalue weighted by Gasteiger charge is 2.35.